The molecule has 0 saturated carbocycles. The van der Waals surface area contributed by atoms with Gasteiger partial charge in [-0.1, -0.05) is 18.2 Å². The van der Waals surface area contributed by atoms with Gasteiger partial charge in [0, 0.05) is 25.3 Å². The van der Waals surface area contributed by atoms with Crippen molar-refractivity contribution in [3.05, 3.63) is 35.4 Å². The van der Waals surface area contributed by atoms with E-state index in [2.05, 4.69) is 5.32 Å². The molecule has 6 heteroatoms. The Morgan fingerprint density at radius 2 is 2.09 bits per heavy atom. The van der Waals surface area contributed by atoms with E-state index in [0.717, 1.165) is 5.69 Å². The van der Waals surface area contributed by atoms with E-state index in [4.69, 9.17) is 4.74 Å². The van der Waals surface area contributed by atoms with Crippen molar-refractivity contribution in [1.82, 2.24) is 5.32 Å². The predicted octanol–water partition coefficient (Wildman–Crippen LogP) is 1.48. The molecule has 6 nitrogen and oxygen atoms in total. The van der Waals surface area contributed by atoms with Crippen LogP contribution >= 0.6 is 0 Å². The lowest BCUT2D eigenvalue weighted by atomic mass is 10.0. The second-order valence-electron chi connectivity index (χ2n) is 5.40. The Hall–Kier alpha value is -2.65. The number of benzene rings is 1. The average molecular weight is 313 g/mol. The number of para-hydroxylation sites is 1. The van der Waals surface area contributed by atoms with Crippen LogP contribution in [0.15, 0.2) is 29.8 Å². The van der Waals surface area contributed by atoms with Crippen molar-refractivity contribution < 1.29 is 14.3 Å². The fourth-order valence-electron chi connectivity index (χ4n) is 2.57. The van der Waals surface area contributed by atoms with Crippen LogP contribution in [-0.4, -0.2) is 38.1 Å². The molecule has 1 aromatic carbocycles. The van der Waals surface area contributed by atoms with Crippen molar-refractivity contribution in [3.8, 4) is 6.07 Å². The molecule has 0 aromatic heterocycles. The molecule has 120 valence electrons. The number of hydrogen-bond acceptors (Lipinski definition) is 4. The minimum atomic E-state index is -0.562. The normalized spacial score (nSPS) is 15.4. The predicted molar refractivity (Wildman–Crippen MR) is 86.5 cm³/mol. The summed E-state index contributed by atoms with van der Waals surface area (Å²) in [6.45, 7) is 4.39. The van der Waals surface area contributed by atoms with Gasteiger partial charge < -0.3 is 15.0 Å². The van der Waals surface area contributed by atoms with Gasteiger partial charge in [0.15, 0.2) is 0 Å². The number of methoxy groups -OCH3 is 1. The molecule has 1 aliphatic heterocycles. The molecule has 0 radical (unpaired) electrons. The standard InChI is InChI=1S/C17H19N3O3/c1-11(2)20-14-7-5-4-6-12(14)15(17(20)22)13(10-18)16(21)19-8-9-23-3/h4-7,11H,8-9H2,1-3H3,(H,19,21). The van der Waals surface area contributed by atoms with Crippen LogP contribution in [0.4, 0.5) is 5.69 Å². The third kappa shape index (κ3) is 3.10. The van der Waals surface area contributed by atoms with E-state index in [1.54, 1.807) is 17.0 Å². The topological polar surface area (TPSA) is 82.4 Å². The fourth-order valence-corrected chi connectivity index (χ4v) is 2.57. The monoisotopic (exact) mass is 313 g/mol. The smallest absolute Gasteiger partial charge is 0.262 e. The highest BCUT2D eigenvalue weighted by Gasteiger charge is 2.37. The molecule has 1 aromatic rings. The number of amides is 2. The third-order valence-electron chi connectivity index (χ3n) is 3.56. The van der Waals surface area contributed by atoms with Gasteiger partial charge in [-0.05, 0) is 19.9 Å². The summed E-state index contributed by atoms with van der Waals surface area (Å²) in [6.07, 6.45) is 0. The second kappa shape index (κ2) is 7.07. The summed E-state index contributed by atoms with van der Waals surface area (Å²) < 4.78 is 4.87. The molecule has 2 rings (SSSR count). The number of nitriles is 1. The number of carbonyl (C=O) groups excluding carboxylic acids is 2. The van der Waals surface area contributed by atoms with Crippen LogP contribution in [0.25, 0.3) is 5.57 Å². The zero-order valence-corrected chi connectivity index (χ0v) is 13.4. The summed E-state index contributed by atoms with van der Waals surface area (Å²) in [5.41, 5.74) is 1.33. The zero-order chi connectivity index (χ0) is 17.0. The van der Waals surface area contributed by atoms with Gasteiger partial charge in [-0.15, -0.1) is 0 Å². The number of hydrogen-bond donors (Lipinski definition) is 1. The van der Waals surface area contributed by atoms with Crippen LogP contribution < -0.4 is 10.2 Å². The molecule has 0 bridgehead atoms. The number of ether oxygens (including phenoxy) is 1. The Morgan fingerprint density at radius 1 is 1.39 bits per heavy atom. The van der Waals surface area contributed by atoms with Crippen molar-refractivity contribution in [2.24, 2.45) is 0 Å². The maximum absolute atomic E-state index is 12.8. The van der Waals surface area contributed by atoms with Gasteiger partial charge >= 0.3 is 0 Å². The average Bonchev–Trinajstić information content (AvgIpc) is 2.81. The highest BCUT2D eigenvalue weighted by atomic mass is 16.5. The van der Waals surface area contributed by atoms with Gasteiger partial charge in [-0.25, -0.2) is 0 Å². The molecule has 1 aliphatic rings. The first kappa shape index (κ1) is 16.7. The Kier molecular flexibility index (Phi) is 5.14. The molecular formula is C17H19N3O3. The SMILES string of the molecule is COCCNC(=O)C(C#N)=C1C(=O)N(C(C)C)c2ccccc21. The van der Waals surface area contributed by atoms with Crippen molar-refractivity contribution >= 4 is 23.1 Å². The van der Waals surface area contributed by atoms with Crippen LogP contribution in [-0.2, 0) is 14.3 Å². The van der Waals surface area contributed by atoms with E-state index in [9.17, 15) is 14.9 Å². The molecule has 1 N–H and O–H groups in total. The minimum absolute atomic E-state index is 0.0716. The molecular weight excluding hydrogens is 294 g/mol. The minimum Gasteiger partial charge on any atom is -0.383 e. The number of carbonyl (C=O) groups is 2. The molecule has 0 aliphatic carbocycles. The van der Waals surface area contributed by atoms with Gasteiger partial charge in [0.1, 0.15) is 11.6 Å². The number of nitrogens with zero attached hydrogens (tertiary/aromatic N) is 2. The van der Waals surface area contributed by atoms with Gasteiger partial charge in [-0.2, -0.15) is 5.26 Å². The number of nitrogens with one attached hydrogen (secondary N) is 1. The molecule has 0 spiro atoms. The van der Waals surface area contributed by atoms with Crippen LogP contribution in [0.2, 0.25) is 0 Å². The van der Waals surface area contributed by atoms with Crippen LogP contribution in [0.5, 0.6) is 0 Å². The summed E-state index contributed by atoms with van der Waals surface area (Å²) in [7, 11) is 1.52. The molecule has 0 unspecified atom stereocenters. The lowest BCUT2D eigenvalue weighted by molar-refractivity contribution is -0.118. The quantitative estimate of drug-likeness (QED) is 0.507. The van der Waals surface area contributed by atoms with Gasteiger partial charge in [-0.3, -0.25) is 9.59 Å². The lowest BCUT2D eigenvalue weighted by Crippen LogP contribution is -2.34. The number of fused-ring (bicyclic) bond motifs is 1. The first-order chi connectivity index (χ1) is 11.0. The zero-order valence-electron chi connectivity index (χ0n) is 13.4. The van der Waals surface area contributed by atoms with E-state index >= 15 is 0 Å². The fraction of sp³-hybridized carbons (Fsp3) is 0.353. The molecule has 23 heavy (non-hydrogen) atoms. The number of rotatable bonds is 5. The lowest BCUT2D eigenvalue weighted by Gasteiger charge is -2.21. The summed E-state index contributed by atoms with van der Waals surface area (Å²) >= 11 is 0. The summed E-state index contributed by atoms with van der Waals surface area (Å²) in [4.78, 5) is 26.6. The Balaban J connectivity index is 2.49. The van der Waals surface area contributed by atoms with E-state index in [1.165, 1.54) is 7.11 Å². The van der Waals surface area contributed by atoms with E-state index in [-0.39, 0.29) is 29.6 Å². The first-order valence-electron chi connectivity index (χ1n) is 7.37. The van der Waals surface area contributed by atoms with Gasteiger partial charge in [0.05, 0.1) is 17.9 Å². The molecule has 0 atom stereocenters. The number of anilines is 1. The van der Waals surface area contributed by atoms with E-state index < -0.39 is 5.91 Å². The van der Waals surface area contributed by atoms with Crippen LogP contribution in [0.1, 0.15) is 19.4 Å². The van der Waals surface area contributed by atoms with E-state index in [0.29, 0.717) is 12.2 Å². The Labute approximate surface area is 135 Å². The third-order valence-corrected chi connectivity index (χ3v) is 3.56. The highest BCUT2D eigenvalue weighted by Crippen LogP contribution is 2.39. The van der Waals surface area contributed by atoms with Crippen molar-refractivity contribution in [2.75, 3.05) is 25.2 Å². The maximum Gasteiger partial charge on any atom is 0.262 e. The van der Waals surface area contributed by atoms with Crippen molar-refractivity contribution in [2.45, 2.75) is 19.9 Å². The summed E-state index contributed by atoms with van der Waals surface area (Å²) in [5, 5.41) is 12.0. The van der Waals surface area contributed by atoms with Crippen molar-refractivity contribution in [1.29, 1.82) is 5.26 Å². The largest absolute Gasteiger partial charge is 0.383 e. The first-order valence-corrected chi connectivity index (χ1v) is 7.37. The summed E-state index contributed by atoms with van der Waals surface area (Å²) in [5.74, 6) is -0.882. The molecule has 0 fully saturated rings. The second-order valence-corrected chi connectivity index (χ2v) is 5.40. The molecule has 2 amide bonds. The molecule has 1 heterocycles. The Bertz CT molecular complexity index is 701. The summed E-state index contributed by atoms with van der Waals surface area (Å²) in [6, 6.07) is 9.00. The van der Waals surface area contributed by atoms with Gasteiger partial charge in [0.25, 0.3) is 11.8 Å². The highest BCUT2D eigenvalue weighted by molar-refractivity contribution is 6.37. The van der Waals surface area contributed by atoms with Gasteiger partial charge in [0.2, 0.25) is 0 Å². The van der Waals surface area contributed by atoms with E-state index in [1.807, 2.05) is 32.0 Å². The van der Waals surface area contributed by atoms with Crippen LogP contribution in [0, 0.1) is 11.3 Å². The van der Waals surface area contributed by atoms with Crippen LogP contribution in [0.3, 0.4) is 0 Å². The maximum atomic E-state index is 12.8. The molecule has 0 saturated heterocycles. The van der Waals surface area contributed by atoms with Crippen molar-refractivity contribution in [3.63, 3.8) is 0 Å². The Morgan fingerprint density at radius 3 is 2.70 bits per heavy atom.